The van der Waals surface area contributed by atoms with Crippen molar-refractivity contribution in [1.29, 1.82) is 0 Å². The molecule has 0 aliphatic carbocycles. The fourth-order valence-corrected chi connectivity index (χ4v) is 9.03. The van der Waals surface area contributed by atoms with Crippen molar-refractivity contribution in [1.82, 2.24) is 40.3 Å². The van der Waals surface area contributed by atoms with E-state index in [0.29, 0.717) is 20.2 Å². The first kappa shape index (κ1) is 76.7. The van der Waals surface area contributed by atoms with Gasteiger partial charge >= 0.3 is 0 Å². The molecule has 18 heteroatoms. The van der Waals surface area contributed by atoms with Crippen molar-refractivity contribution in [2.24, 2.45) is 0 Å². The second kappa shape index (κ2) is 40.9. The van der Waals surface area contributed by atoms with Gasteiger partial charge in [0.2, 0.25) is 0 Å². The first-order valence-corrected chi connectivity index (χ1v) is 31.7. The minimum Gasteiger partial charge on any atom is -0.495 e. The molecule has 6 heterocycles. The molecular weight excluding hydrogens is 1340 g/mol. The Morgan fingerprint density at radius 3 is 1.46 bits per heavy atom. The average Bonchev–Trinajstić information content (AvgIpc) is 2.05. The minimum atomic E-state index is -0.359. The third kappa shape index (κ3) is 29.2. The topological polar surface area (TPSA) is 130 Å². The van der Waals surface area contributed by atoms with Crippen molar-refractivity contribution in [3.63, 3.8) is 0 Å². The summed E-state index contributed by atoms with van der Waals surface area (Å²) in [5.41, 5.74) is 15.8. The van der Waals surface area contributed by atoms with Gasteiger partial charge in [-0.3, -0.25) is 25.1 Å². The van der Waals surface area contributed by atoms with Gasteiger partial charge in [-0.15, -0.1) is 0 Å². The Kier molecular flexibility index (Phi) is 34.1. The van der Waals surface area contributed by atoms with Gasteiger partial charge in [0.05, 0.1) is 62.8 Å². The molecule has 0 saturated carbocycles. The summed E-state index contributed by atoms with van der Waals surface area (Å²) in [4.78, 5) is 15.2. The normalized spacial score (nSPS) is 9.79. The molecule has 0 fully saturated rings. The minimum absolute atomic E-state index is 0.190. The van der Waals surface area contributed by atoms with E-state index in [1.807, 2.05) is 184 Å². The summed E-state index contributed by atoms with van der Waals surface area (Å²) >= 11 is 37.4. The maximum absolute atomic E-state index is 12.4. The van der Waals surface area contributed by atoms with Crippen LogP contribution in [0.1, 0.15) is 61.6 Å². The van der Waals surface area contributed by atoms with E-state index < -0.39 is 0 Å². The quantitative estimate of drug-likeness (QED) is 0.157. The number of aromatic amines is 3. The molecule has 0 saturated heterocycles. The summed E-state index contributed by atoms with van der Waals surface area (Å²) < 4.78 is 23.2. The van der Waals surface area contributed by atoms with E-state index in [0.717, 1.165) is 71.2 Å². The molecule has 6 aromatic heterocycles. The van der Waals surface area contributed by atoms with Crippen LogP contribution in [0.5, 0.6) is 11.5 Å². The molecule has 92 heavy (non-hydrogen) atoms. The number of nitrogens with zero attached hydrogens (tertiary/aromatic N) is 5. The lowest BCUT2D eigenvalue weighted by atomic mass is 10.2. The number of H-pyrrole nitrogens is 3. The third-order valence-electron chi connectivity index (χ3n) is 12.5. The molecule has 3 N–H and O–H groups in total. The monoisotopic (exact) mass is 1420 g/mol. The number of ether oxygens (including phenoxy) is 2. The molecule has 10 nitrogen and oxygen atoms in total. The number of hydrogen-bond donors (Lipinski definition) is 3. The summed E-state index contributed by atoms with van der Waals surface area (Å²) in [6.07, 6.45) is 9.15. The lowest BCUT2D eigenvalue weighted by Crippen LogP contribution is -1.84. The maximum atomic E-state index is 12.4. The van der Waals surface area contributed by atoms with Gasteiger partial charge in [-0.1, -0.05) is 136 Å². The van der Waals surface area contributed by atoms with Crippen molar-refractivity contribution in [2.45, 2.75) is 76.2 Å². The molecule has 0 radical (unpaired) electrons. The molecule has 480 valence electrons. The molecule has 7 aromatic carbocycles. The first-order valence-electron chi connectivity index (χ1n) is 28.7. The molecule has 0 aliphatic rings. The van der Waals surface area contributed by atoms with Crippen LogP contribution in [0.3, 0.4) is 0 Å². The second-order valence-electron chi connectivity index (χ2n) is 20.8. The zero-order valence-corrected chi connectivity index (χ0v) is 59.8. The standard InChI is InChI=1S/C9H9N.C8H7ClN2.C8H9ClO.C8H8N2.C7H6BrCl.C7H6Cl2.C7H6ClF.C7H9NO.C7H9N.C6H7N/c1-7-2-3-8-4-5-10-9(8)6-7;1-5-2-3-6-7(4-5)10-11-8(6)9;1-6-3-4-8(10-2)7(9)5-6;1-6-2-3-7-5-9-10-8(7)4-6;2*1-5-2-3-6(8)7(9)4-5;1-5-2-3-7(9)6(8)4-5;1-6-3-4-7(9-2)5-8-6;1-6-3-4-7(2)8-5-6;1-6-4-2-3-5-7-6/h2-6,10H,1H3;2-4H,1H3,(H,10,11);3-5H,1-2H3;2-5H,1H3,(H,9,10);3*2-4H,1H3;3-5H,1-2H3;3-5H,1-2H3;2-5H,1H3. The predicted octanol–water partition coefficient (Wildman–Crippen LogP) is 23.5. The largest absolute Gasteiger partial charge is 0.495 e. The predicted molar refractivity (Wildman–Crippen MR) is 392 cm³/mol. The summed E-state index contributed by atoms with van der Waals surface area (Å²) in [6, 6.07) is 56.2. The molecule has 0 atom stereocenters. The molecule has 13 aromatic rings. The van der Waals surface area contributed by atoms with E-state index in [2.05, 4.69) is 119 Å². The maximum Gasteiger partial charge on any atom is 0.141 e. The Hall–Kier alpha value is -7.78. The summed E-state index contributed by atoms with van der Waals surface area (Å²) in [6.45, 7) is 22.0. The molecule has 0 aliphatic heterocycles. The number of hydrogen-bond acceptors (Lipinski definition) is 7. The van der Waals surface area contributed by atoms with Crippen LogP contribution in [0.25, 0.3) is 32.7 Å². The molecule has 13 rings (SSSR count). The number of aromatic nitrogens is 8. The Bertz CT molecular complexity index is 4070. The van der Waals surface area contributed by atoms with E-state index >= 15 is 0 Å². The highest BCUT2D eigenvalue weighted by Crippen LogP contribution is 2.26. The smallest absolute Gasteiger partial charge is 0.141 e. The van der Waals surface area contributed by atoms with Crippen LogP contribution < -0.4 is 9.47 Å². The highest BCUT2D eigenvalue weighted by molar-refractivity contribution is 9.10. The first-order chi connectivity index (χ1) is 43.8. The van der Waals surface area contributed by atoms with Gasteiger partial charge in [-0.25, -0.2) is 4.39 Å². The number of halogens is 8. The van der Waals surface area contributed by atoms with E-state index in [4.69, 9.17) is 79.1 Å². The van der Waals surface area contributed by atoms with Crippen molar-refractivity contribution in [2.75, 3.05) is 14.2 Å². The SMILES string of the molecule is COc1ccc(C)cc1Cl.COc1ccc(C)nc1.Cc1ccc(Br)c(Cl)c1.Cc1ccc(C)nc1.Cc1ccc(Cl)c(Cl)c1.Cc1ccc(F)c(Cl)c1.Cc1ccc2c(Cl)[nH]nc2c1.Cc1ccc2cc[nH]c2c1.Cc1ccc2cn[nH]c2c1.Cc1ccccn1. The number of rotatable bonds is 2. The Balaban J connectivity index is 0.000000218. The van der Waals surface area contributed by atoms with Crippen LogP contribution in [0.2, 0.25) is 30.3 Å². The fourth-order valence-electron chi connectivity index (χ4n) is 7.44. The van der Waals surface area contributed by atoms with Gasteiger partial charge in [0.25, 0.3) is 0 Å². The van der Waals surface area contributed by atoms with E-state index in [9.17, 15) is 4.39 Å². The average molecular weight is 1420 g/mol. The zero-order valence-electron chi connectivity index (χ0n) is 53.7. The van der Waals surface area contributed by atoms with Crippen LogP contribution in [-0.2, 0) is 0 Å². The van der Waals surface area contributed by atoms with Gasteiger partial charge in [-0.05, 0) is 251 Å². The number of aryl methyl sites for hydroxylation is 11. The number of benzene rings is 7. The van der Waals surface area contributed by atoms with Crippen molar-refractivity contribution in [3.8, 4) is 11.5 Å². The molecule has 0 bridgehead atoms. The molecule has 0 amide bonds. The van der Waals surface area contributed by atoms with Crippen LogP contribution in [-0.4, -0.2) is 54.6 Å². The van der Waals surface area contributed by atoms with Crippen molar-refractivity contribution in [3.05, 3.63) is 309 Å². The highest BCUT2D eigenvalue weighted by atomic mass is 79.9. The third-order valence-corrected chi connectivity index (χ3v) is 15.3. The zero-order chi connectivity index (χ0) is 67.7. The number of pyridine rings is 3. The number of nitrogens with one attached hydrogen (secondary N) is 3. The number of methoxy groups -OCH3 is 2. The van der Waals surface area contributed by atoms with Gasteiger partial charge in [0, 0.05) is 56.4 Å². The Labute approximate surface area is 579 Å². The lowest BCUT2D eigenvalue weighted by Gasteiger charge is -2.01. The van der Waals surface area contributed by atoms with Gasteiger partial charge in [0.1, 0.15) is 22.5 Å². The van der Waals surface area contributed by atoms with Crippen molar-refractivity contribution < 1.29 is 13.9 Å². The van der Waals surface area contributed by atoms with E-state index in [1.165, 1.54) is 50.2 Å². The van der Waals surface area contributed by atoms with Gasteiger partial charge in [0.15, 0.2) is 0 Å². The Morgan fingerprint density at radius 1 is 0.413 bits per heavy atom. The summed E-state index contributed by atoms with van der Waals surface area (Å²) in [7, 11) is 3.24. The number of fused-ring (bicyclic) bond motifs is 3. The van der Waals surface area contributed by atoms with Crippen LogP contribution in [0.15, 0.2) is 211 Å². The van der Waals surface area contributed by atoms with Gasteiger partial charge < -0.3 is 14.5 Å². The van der Waals surface area contributed by atoms with Gasteiger partial charge in [-0.2, -0.15) is 10.2 Å². The molecular formula is C74H76BrCl6FN8O2. The van der Waals surface area contributed by atoms with Crippen molar-refractivity contribution >= 4 is 118 Å². The van der Waals surface area contributed by atoms with Crippen LogP contribution in [0, 0.1) is 82.0 Å². The second-order valence-corrected chi connectivity index (χ2v) is 24.0. The Morgan fingerprint density at radius 2 is 0.946 bits per heavy atom. The van der Waals surface area contributed by atoms with E-state index in [-0.39, 0.29) is 10.8 Å². The highest BCUT2D eigenvalue weighted by Gasteiger charge is 2.02. The molecule has 0 spiro atoms. The summed E-state index contributed by atoms with van der Waals surface area (Å²) in [5.74, 6) is 1.18. The molecule has 0 unspecified atom stereocenters. The lowest BCUT2D eigenvalue weighted by molar-refractivity contribution is 0.412. The summed E-state index contributed by atoms with van der Waals surface area (Å²) in [5, 5.41) is 20.5. The van der Waals surface area contributed by atoms with E-state index in [1.54, 1.807) is 44.8 Å². The van der Waals surface area contributed by atoms with Crippen LogP contribution >= 0.6 is 85.5 Å². The fraction of sp³-hybridized carbons (Fsp3) is 0.176. The van der Waals surface area contributed by atoms with Crippen LogP contribution in [0.4, 0.5) is 4.39 Å².